The molecular weight excluding hydrogens is 367 g/mol. The van der Waals surface area contributed by atoms with Crippen molar-refractivity contribution in [2.45, 2.75) is 6.92 Å². The van der Waals surface area contributed by atoms with E-state index in [0.717, 1.165) is 26.0 Å². The van der Waals surface area contributed by atoms with Gasteiger partial charge in [-0.15, -0.1) is 0 Å². The largest absolute Gasteiger partial charge is 0.338 e. The van der Waals surface area contributed by atoms with Crippen LogP contribution in [-0.2, 0) is 0 Å². The molecule has 2 rings (SSSR count). The highest BCUT2D eigenvalue weighted by Gasteiger charge is 2.05. The molecule has 0 aliphatic rings. The Morgan fingerprint density at radius 3 is 2.65 bits per heavy atom. The van der Waals surface area contributed by atoms with Gasteiger partial charge in [-0.1, -0.05) is 11.6 Å². The van der Waals surface area contributed by atoms with Gasteiger partial charge in [-0.05, 0) is 68.6 Å². The summed E-state index contributed by atoms with van der Waals surface area (Å²) in [7, 11) is 0. The highest BCUT2D eigenvalue weighted by atomic mass is 79.9. The van der Waals surface area contributed by atoms with Gasteiger partial charge in [0.05, 0.1) is 10.2 Å². The van der Waals surface area contributed by atoms with E-state index in [1.54, 1.807) is 0 Å². The fourth-order valence-electron chi connectivity index (χ4n) is 1.35. The van der Waals surface area contributed by atoms with Crippen LogP contribution in [0.1, 0.15) is 5.56 Å². The van der Waals surface area contributed by atoms with Crippen LogP contribution in [0.4, 0.5) is 11.5 Å². The van der Waals surface area contributed by atoms with Crippen molar-refractivity contribution in [1.29, 1.82) is 0 Å². The Morgan fingerprint density at radius 1 is 1.18 bits per heavy atom. The highest BCUT2D eigenvalue weighted by Crippen LogP contribution is 2.30. The first-order chi connectivity index (χ1) is 8.06. The molecule has 0 saturated carbocycles. The topological polar surface area (TPSA) is 24.9 Å². The summed E-state index contributed by atoms with van der Waals surface area (Å²) in [5.41, 5.74) is 1.99. The monoisotopic (exact) mass is 374 g/mol. The number of hydrogen-bond acceptors (Lipinski definition) is 2. The molecule has 1 heterocycles. The second kappa shape index (κ2) is 5.38. The molecule has 1 aromatic carbocycles. The predicted molar refractivity (Wildman–Crippen MR) is 79.1 cm³/mol. The maximum absolute atomic E-state index is 5.96. The summed E-state index contributed by atoms with van der Waals surface area (Å²) in [6.07, 6.45) is 1.81. The minimum atomic E-state index is 0.680. The Bertz CT molecular complexity index is 558. The van der Waals surface area contributed by atoms with Crippen molar-refractivity contribution in [2.24, 2.45) is 0 Å². The number of benzene rings is 1. The number of nitrogens with one attached hydrogen (secondary N) is 1. The van der Waals surface area contributed by atoms with Gasteiger partial charge in [-0.3, -0.25) is 0 Å². The van der Waals surface area contributed by atoms with Crippen molar-refractivity contribution >= 4 is 55.0 Å². The summed E-state index contributed by atoms with van der Waals surface area (Å²) < 4.78 is 1.86. The summed E-state index contributed by atoms with van der Waals surface area (Å²) >= 11 is 12.9. The zero-order valence-electron chi connectivity index (χ0n) is 8.97. The van der Waals surface area contributed by atoms with Gasteiger partial charge in [0.2, 0.25) is 0 Å². The molecule has 2 aromatic rings. The standard InChI is InChI=1S/C12H9Br2ClN2/c1-7-4-10(14)12(16-6-7)17-11-5-8(15)2-3-9(11)13/h2-6H,1H3,(H,16,17). The molecular formula is C12H9Br2ClN2. The third-order valence-electron chi connectivity index (χ3n) is 2.16. The van der Waals surface area contributed by atoms with Crippen LogP contribution in [0.3, 0.4) is 0 Å². The first kappa shape index (κ1) is 12.9. The van der Waals surface area contributed by atoms with Crippen LogP contribution in [0.15, 0.2) is 39.4 Å². The number of aromatic nitrogens is 1. The normalized spacial score (nSPS) is 10.4. The van der Waals surface area contributed by atoms with E-state index in [9.17, 15) is 0 Å². The zero-order chi connectivity index (χ0) is 12.4. The molecule has 0 saturated heterocycles. The van der Waals surface area contributed by atoms with Gasteiger partial charge in [0.15, 0.2) is 0 Å². The van der Waals surface area contributed by atoms with E-state index < -0.39 is 0 Å². The Kier molecular flexibility index (Phi) is 4.07. The number of anilines is 2. The summed E-state index contributed by atoms with van der Waals surface area (Å²) in [5.74, 6) is 0.763. The zero-order valence-corrected chi connectivity index (χ0v) is 12.9. The average Bonchev–Trinajstić information content (AvgIpc) is 2.27. The Hall–Kier alpha value is -0.580. The lowest BCUT2D eigenvalue weighted by atomic mass is 10.3. The van der Waals surface area contributed by atoms with Crippen LogP contribution in [0.5, 0.6) is 0 Å². The van der Waals surface area contributed by atoms with Crippen molar-refractivity contribution in [1.82, 2.24) is 4.98 Å². The Morgan fingerprint density at radius 2 is 1.94 bits per heavy atom. The first-order valence-electron chi connectivity index (χ1n) is 4.90. The van der Waals surface area contributed by atoms with Crippen LogP contribution < -0.4 is 5.32 Å². The number of nitrogens with zero attached hydrogens (tertiary/aromatic N) is 1. The van der Waals surface area contributed by atoms with Crippen LogP contribution in [0.2, 0.25) is 5.02 Å². The maximum Gasteiger partial charge on any atom is 0.144 e. The van der Waals surface area contributed by atoms with Crippen LogP contribution in [-0.4, -0.2) is 4.98 Å². The molecule has 5 heteroatoms. The predicted octanol–water partition coefficient (Wildman–Crippen LogP) is 5.31. The molecule has 1 aromatic heterocycles. The van der Waals surface area contributed by atoms with Gasteiger partial charge in [0.25, 0.3) is 0 Å². The molecule has 0 atom stereocenters. The van der Waals surface area contributed by atoms with Gasteiger partial charge in [-0.2, -0.15) is 0 Å². The van der Waals surface area contributed by atoms with Crippen LogP contribution >= 0.6 is 43.5 Å². The van der Waals surface area contributed by atoms with Crippen LogP contribution in [0, 0.1) is 6.92 Å². The van der Waals surface area contributed by atoms with E-state index in [4.69, 9.17) is 11.6 Å². The van der Waals surface area contributed by atoms with Crippen LogP contribution in [0.25, 0.3) is 0 Å². The maximum atomic E-state index is 5.96. The van der Waals surface area contributed by atoms with E-state index in [2.05, 4.69) is 42.2 Å². The van der Waals surface area contributed by atoms with E-state index in [0.29, 0.717) is 5.02 Å². The van der Waals surface area contributed by atoms with E-state index >= 15 is 0 Å². The third kappa shape index (κ3) is 3.21. The average molecular weight is 376 g/mol. The molecule has 88 valence electrons. The van der Waals surface area contributed by atoms with E-state index in [1.165, 1.54) is 0 Å². The van der Waals surface area contributed by atoms with Gasteiger partial charge < -0.3 is 5.32 Å². The SMILES string of the molecule is Cc1cnc(Nc2cc(Cl)ccc2Br)c(Br)c1. The fraction of sp³-hybridized carbons (Fsp3) is 0.0833. The molecule has 1 N–H and O–H groups in total. The molecule has 17 heavy (non-hydrogen) atoms. The molecule has 0 radical (unpaired) electrons. The highest BCUT2D eigenvalue weighted by molar-refractivity contribution is 9.11. The van der Waals surface area contributed by atoms with E-state index in [-0.39, 0.29) is 0 Å². The number of halogens is 3. The third-order valence-corrected chi connectivity index (χ3v) is 3.69. The second-order valence-corrected chi connectivity index (χ2v) is 5.74. The molecule has 2 nitrogen and oxygen atoms in total. The Labute approximate surface area is 122 Å². The van der Waals surface area contributed by atoms with E-state index in [1.807, 2.05) is 37.4 Å². The number of pyridine rings is 1. The quantitative estimate of drug-likeness (QED) is 0.768. The minimum absolute atomic E-state index is 0.680. The van der Waals surface area contributed by atoms with Crippen molar-refractivity contribution in [3.8, 4) is 0 Å². The van der Waals surface area contributed by atoms with Gasteiger partial charge in [0.1, 0.15) is 5.82 Å². The smallest absolute Gasteiger partial charge is 0.144 e. The molecule has 0 unspecified atom stereocenters. The van der Waals surface area contributed by atoms with Gasteiger partial charge >= 0.3 is 0 Å². The summed E-state index contributed by atoms with van der Waals surface area (Å²) in [6, 6.07) is 7.58. The van der Waals surface area contributed by atoms with Crippen molar-refractivity contribution in [3.63, 3.8) is 0 Å². The molecule has 0 bridgehead atoms. The minimum Gasteiger partial charge on any atom is -0.338 e. The lowest BCUT2D eigenvalue weighted by Crippen LogP contribution is -1.96. The lowest BCUT2D eigenvalue weighted by Gasteiger charge is -2.10. The second-order valence-electron chi connectivity index (χ2n) is 3.59. The molecule has 0 amide bonds. The summed E-state index contributed by atoms with van der Waals surface area (Å²) in [6.45, 7) is 2.00. The summed E-state index contributed by atoms with van der Waals surface area (Å²) in [5, 5.41) is 3.90. The molecule has 0 aliphatic heterocycles. The molecule has 0 aliphatic carbocycles. The number of hydrogen-bond donors (Lipinski definition) is 1. The number of rotatable bonds is 2. The fourth-order valence-corrected chi connectivity index (χ4v) is 2.43. The number of aryl methyl sites for hydroxylation is 1. The molecule has 0 spiro atoms. The summed E-state index contributed by atoms with van der Waals surface area (Å²) in [4.78, 5) is 4.32. The van der Waals surface area contributed by atoms with Crippen molar-refractivity contribution in [2.75, 3.05) is 5.32 Å². The van der Waals surface area contributed by atoms with Crippen molar-refractivity contribution in [3.05, 3.63) is 50.0 Å². The molecule has 0 fully saturated rings. The Balaban J connectivity index is 2.34. The van der Waals surface area contributed by atoms with Gasteiger partial charge in [-0.25, -0.2) is 4.98 Å². The van der Waals surface area contributed by atoms with Gasteiger partial charge in [0, 0.05) is 15.7 Å². The van der Waals surface area contributed by atoms with Crippen molar-refractivity contribution < 1.29 is 0 Å². The lowest BCUT2D eigenvalue weighted by molar-refractivity contribution is 1.24. The first-order valence-corrected chi connectivity index (χ1v) is 6.87.